The summed E-state index contributed by atoms with van der Waals surface area (Å²) in [5.41, 5.74) is 10.8. The fourth-order valence-electron chi connectivity index (χ4n) is 7.52. The normalized spacial score (nSPS) is 15.3. The molecule has 0 saturated carbocycles. The maximum atomic E-state index is 13.9. The number of nitrogens with zero attached hydrogens (tertiary/aromatic N) is 3. The summed E-state index contributed by atoms with van der Waals surface area (Å²) >= 11 is 0. The van der Waals surface area contributed by atoms with Crippen molar-refractivity contribution in [3.8, 4) is 22.6 Å². The van der Waals surface area contributed by atoms with Gasteiger partial charge in [-0.1, -0.05) is 56.7 Å². The third-order valence-electron chi connectivity index (χ3n) is 10.3. The predicted octanol–water partition coefficient (Wildman–Crippen LogP) is 8.33. The van der Waals surface area contributed by atoms with Crippen LogP contribution in [-0.2, 0) is 17.8 Å². The zero-order valence-electron chi connectivity index (χ0n) is 32.9. The number of carboxylic acid groups (broad SMARTS) is 1. The fourth-order valence-corrected chi connectivity index (χ4v) is 7.52. The molecule has 4 aromatic rings. The van der Waals surface area contributed by atoms with Crippen LogP contribution in [0.1, 0.15) is 60.2 Å². The third kappa shape index (κ3) is 11.6. The lowest BCUT2D eigenvalue weighted by Crippen LogP contribution is -2.49. The van der Waals surface area contributed by atoms with E-state index in [9.17, 15) is 22.4 Å². The molecule has 0 unspecified atom stereocenters. The van der Waals surface area contributed by atoms with Crippen LogP contribution in [0.2, 0.25) is 0 Å². The fraction of sp³-hybridized carbons (Fsp3) is 0.442. The van der Waals surface area contributed by atoms with Crippen molar-refractivity contribution in [2.75, 3.05) is 64.9 Å². The Morgan fingerprint density at radius 3 is 2.04 bits per heavy atom. The average molecular weight is 783 g/mol. The number of piperidine rings is 1. The molecular weight excluding hydrogens is 728 g/mol. The minimum Gasteiger partial charge on any atom is -0.496 e. The van der Waals surface area contributed by atoms with Gasteiger partial charge in [-0.2, -0.15) is 13.2 Å². The highest BCUT2D eigenvalue weighted by Gasteiger charge is 2.32. The summed E-state index contributed by atoms with van der Waals surface area (Å²) in [6.45, 7) is 9.47. The molecule has 2 aliphatic heterocycles. The van der Waals surface area contributed by atoms with Crippen LogP contribution in [0, 0.1) is 18.7 Å². The van der Waals surface area contributed by atoms with Gasteiger partial charge in [0.1, 0.15) is 17.3 Å². The topological polar surface area (TPSA) is 109 Å². The number of carbonyl (C=O) groups excluding carboxylic acids is 1. The zero-order chi connectivity index (χ0) is 41.0. The smallest absolute Gasteiger partial charge is 0.401 e. The lowest BCUT2D eigenvalue weighted by molar-refractivity contribution is -0.146. The van der Waals surface area contributed by atoms with Gasteiger partial charge in [-0.3, -0.25) is 19.4 Å². The average Bonchev–Trinajstić information content (AvgIpc) is 3.15. The standard InChI is InChI=1S/C28H35NO2.C14H17F4N3O.CH2O2/c1-5-8-22-9-6-11-24-23(22)10-7-12-25(24)28-26(30-3)17-21(18-27(28)31-4)19-29-15-13-20(2)14-16-29;1-9-6-10(7-11(15)12(9)13(19)22)21-4-2-20(3-5-21)8-14(16,17)18;2-1-3/h6-7,9-12,17-18,20H,5,8,13-16,19H2,1-4H3;6-7H,2-5,8H2,1H3,(H2,19,22);1H,(H,2,3). The molecule has 0 bridgehead atoms. The number of rotatable bonds is 10. The molecule has 0 atom stereocenters. The number of amides is 1. The van der Waals surface area contributed by atoms with E-state index in [0.29, 0.717) is 24.3 Å². The van der Waals surface area contributed by atoms with Gasteiger partial charge < -0.3 is 25.2 Å². The molecule has 4 aromatic carbocycles. The van der Waals surface area contributed by atoms with Gasteiger partial charge in [0.25, 0.3) is 12.4 Å². The molecule has 304 valence electrons. The number of hydrogen-bond donors (Lipinski definition) is 2. The van der Waals surface area contributed by atoms with Crippen LogP contribution in [0.5, 0.6) is 11.5 Å². The first-order chi connectivity index (χ1) is 26.7. The highest BCUT2D eigenvalue weighted by atomic mass is 19.4. The van der Waals surface area contributed by atoms with Crippen LogP contribution in [0.4, 0.5) is 23.2 Å². The Bertz CT molecular complexity index is 1870. The summed E-state index contributed by atoms with van der Waals surface area (Å²) in [4.78, 5) is 25.2. The number of halogens is 4. The Labute approximate surface area is 327 Å². The van der Waals surface area contributed by atoms with Crippen LogP contribution in [0.15, 0.2) is 60.7 Å². The van der Waals surface area contributed by atoms with E-state index in [2.05, 4.69) is 67.3 Å². The van der Waals surface area contributed by atoms with Gasteiger partial charge in [0.15, 0.2) is 0 Å². The Balaban J connectivity index is 0.000000245. The number of nitrogens with two attached hydrogens (primary N) is 1. The molecule has 2 fully saturated rings. The number of alkyl halides is 3. The highest BCUT2D eigenvalue weighted by Crippen LogP contribution is 2.43. The van der Waals surface area contributed by atoms with E-state index in [0.717, 1.165) is 55.5 Å². The maximum Gasteiger partial charge on any atom is 0.401 e. The summed E-state index contributed by atoms with van der Waals surface area (Å²) in [6.07, 6.45) is 0.571. The maximum absolute atomic E-state index is 13.9. The number of carbonyl (C=O) groups is 2. The first-order valence-electron chi connectivity index (χ1n) is 18.9. The second kappa shape index (κ2) is 20.3. The molecule has 0 radical (unpaired) electrons. The number of anilines is 1. The van der Waals surface area contributed by atoms with Crippen LogP contribution in [0.25, 0.3) is 21.9 Å². The zero-order valence-corrected chi connectivity index (χ0v) is 32.9. The predicted molar refractivity (Wildman–Crippen MR) is 213 cm³/mol. The summed E-state index contributed by atoms with van der Waals surface area (Å²) in [5.74, 6) is 1.06. The van der Waals surface area contributed by atoms with Crippen LogP contribution in [0.3, 0.4) is 0 Å². The van der Waals surface area contributed by atoms with Crippen molar-refractivity contribution < 1.29 is 41.7 Å². The second-order valence-corrected chi connectivity index (χ2v) is 14.4. The lowest BCUT2D eigenvalue weighted by atomic mass is 9.92. The van der Waals surface area contributed by atoms with Gasteiger partial charge in [-0.15, -0.1) is 0 Å². The Hall–Kier alpha value is -4.88. The van der Waals surface area contributed by atoms with E-state index in [1.807, 2.05) is 0 Å². The van der Waals surface area contributed by atoms with Crippen molar-refractivity contribution in [2.45, 2.75) is 59.2 Å². The number of ether oxygens (including phenoxy) is 2. The van der Waals surface area contributed by atoms with Gasteiger partial charge in [0, 0.05) is 38.4 Å². The molecule has 2 saturated heterocycles. The molecular formula is C43H54F4N4O5. The van der Waals surface area contributed by atoms with E-state index in [1.54, 1.807) is 32.1 Å². The van der Waals surface area contributed by atoms with Gasteiger partial charge in [-0.25, -0.2) is 4.39 Å². The number of benzene rings is 4. The number of piperazine rings is 1. The van der Waals surface area contributed by atoms with Crippen LogP contribution >= 0.6 is 0 Å². The minimum atomic E-state index is -4.21. The first kappa shape index (κ1) is 43.8. The van der Waals surface area contributed by atoms with Crippen molar-refractivity contribution >= 4 is 28.8 Å². The first-order valence-corrected chi connectivity index (χ1v) is 18.9. The SMILES string of the molecule is CCCc1cccc2c(-c3c(OC)cc(CN4CCC(C)CC4)cc3OC)cccc12.Cc1cc(N2CCN(CC(F)(F)F)CC2)cc(F)c1C(N)=O.O=CO. The van der Waals surface area contributed by atoms with Crippen molar-refractivity contribution in [2.24, 2.45) is 11.7 Å². The van der Waals surface area contributed by atoms with Crippen molar-refractivity contribution in [3.05, 3.63) is 88.7 Å². The summed E-state index contributed by atoms with van der Waals surface area (Å²) in [6, 6.07) is 20.4. The number of hydrogen-bond acceptors (Lipinski definition) is 7. The van der Waals surface area contributed by atoms with E-state index in [1.165, 1.54) is 51.3 Å². The Kier molecular flexibility index (Phi) is 15.9. The van der Waals surface area contributed by atoms with E-state index >= 15 is 0 Å². The molecule has 6 rings (SSSR count). The van der Waals surface area contributed by atoms with Crippen molar-refractivity contribution in [3.63, 3.8) is 0 Å². The quantitative estimate of drug-likeness (QED) is 0.122. The molecule has 13 heteroatoms. The largest absolute Gasteiger partial charge is 0.496 e. The van der Waals surface area contributed by atoms with Gasteiger partial charge in [-0.05, 0) is 102 Å². The number of methoxy groups -OCH3 is 2. The molecule has 9 nitrogen and oxygen atoms in total. The molecule has 0 aromatic heterocycles. The molecule has 2 heterocycles. The highest BCUT2D eigenvalue weighted by molar-refractivity contribution is 6.01. The Morgan fingerprint density at radius 2 is 1.50 bits per heavy atom. The molecule has 1 amide bonds. The van der Waals surface area contributed by atoms with Crippen LogP contribution in [-0.4, -0.2) is 93.5 Å². The van der Waals surface area contributed by atoms with Gasteiger partial charge in [0.2, 0.25) is 0 Å². The van der Waals surface area contributed by atoms with E-state index in [-0.39, 0.29) is 25.1 Å². The summed E-state index contributed by atoms with van der Waals surface area (Å²) < 4.78 is 62.8. The van der Waals surface area contributed by atoms with E-state index in [4.69, 9.17) is 25.1 Å². The van der Waals surface area contributed by atoms with Gasteiger partial charge >= 0.3 is 6.18 Å². The van der Waals surface area contributed by atoms with Crippen molar-refractivity contribution in [1.29, 1.82) is 0 Å². The molecule has 3 N–H and O–H groups in total. The Morgan fingerprint density at radius 1 is 0.911 bits per heavy atom. The molecule has 2 aliphatic rings. The molecule has 56 heavy (non-hydrogen) atoms. The van der Waals surface area contributed by atoms with Crippen LogP contribution < -0.4 is 20.1 Å². The number of primary amides is 1. The third-order valence-corrected chi connectivity index (χ3v) is 10.3. The van der Waals surface area contributed by atoms with Crippen molar-refractivity contribution in [1.82, 2.24) is 9.80 Å². The number of likely N-dealkylation sites (tertiary alicyclic amines) is 1. The lowest BCUT2D eigenvalue weighted by Gasteiger charge is -2.36. The van der Waals surface area contributed by atoms with E-state index < -0.39 is 24.4 Å². The minimum absolute atomic E-state index is 0.153. The van der Waals surface area contributed by atoms with Gasteiger partial charge in [0.05, 0.1) is 31.9 Å². The summed E-state index contributed by atoms with van der Waals surface area (Å²) in [7, 11) is 3.52. The molecule has 0 spiro atoms. The monoisotopic (exact) mass is 782 g/mol. The number of fused-ring (bicyclic) bond motifs is 1. The number of aryl methyl sites for hydroxylation is 2. The summed E-state index contributed by atoms with van der Waals surface area (Å²) in [5, 5.41) is 9.46. The second-order valence-electron chi connectivity index (χ2n) is 14.4. The molecule has 0 aliphatic carbocycles.